The quantitative estimate of drug-likeness (QED) is 0.148. The van der Waals surface area contributed by atoms with Crippen LogP contribution < -0.4 is 31.1 Å². The van der Waals surface area contributed by atoms with Gasteiger partial charge in [-0.1, -0.05) is 170 Å². The maximum absolute atomic E-state index is 2.58. The highest BCUT2D eigenvalue weighted by Crippen LogP contribution is 2.57. The molecule has 3 nitrogen and oxygen atoms in total. The van der Waals surface area contributed by atoms with Crippen molar-refractivity contribution < 1.29 is 0 Å². The number of hydrogen-bond acceptors (Lipinski definition) is 3. The average molecular weight is 842 g/mol. The lowest BCUT2D eigenvalue weighted by Gasteiger charge is -2.45. The number of fused-ring (bicyclic) bond motifs is 7. The van der Waals surface area contributed by atoms with E-state index in [1.54, 1.807) is 0 Å². The van der Waals surface area contributed by atoms with Gasteiger partial charge in [0.25, 0.3) is 6.71 Å². The smallest absolute Gasteiger partial charge is 0.252 e. The fraction of sp³-hybridized carbons (Fsp3) is 0.0323. The molecule has 2 aliphatic heterocycles. The molecule has 0 bridgehead atoms. The summed E-state index contributed by atoms with van der Waals surface area (Å²) in [5.74, 6) is 0. The van der Waals surface area contributed by atoms with Gasteiger partial charge in [0.2, 0.25) is 0 Å². The molecule has 10 aromatic carbocycles. The zero-order valence-electron chi connectivity index (χ0n) is 36.6. The number of aryl methyl sites for hydroxylation is 1. The Balaban J connectivity index is 1.12. The Hall–Kier alpha value is -8.34. The molecule has 0 spiro atoms. The Bertz CT molecular complexity index is 3370. The summed E-state index contributed by atoms with van der Waals surface area (Å²) in [6.07, 6.45) is 0. The molecule has 310 valence electrons. The maximum atomic E-state index is 2.58. The van der Waals surface area contributed by atoms with E-state index in [1.165, 1.54) is 78.1 Å². The summed E-state index contributed by atoms with van der Waals surface area (Å²) in [5.41, 5.74) is 22.6. The minimum absolute atomic E-state index is 0.000345. The maximum Gasteiger partial charge on any atom is 0.252 e. The predicted octanol–water partition coefficient (Wildman–Crippen LogP) is 13.9. The first kappa shape index (κ1) is 38.2. The zero-order valence-corrected chi connectivity index (χ0v) is 36.6. The number of para-hydroxylation sites is 4. The third-order valence-electron chi connectivity index (χ3n) is 14.1. The van der Waals surface area contributed by atoms with Crippen LogP contribution >= 0.6 is 0 Å². The molecule has 0 unspecified atom stereocenters. The Kier molecular flexibility index (Phi) is 8.76. The van der Waals surface area contributed by atoms with Gasteiger partial charge >= 0.3 is 0 Å². The molecule has 0 aromatic heterocycles. The minimum Gasteiger partial charge on any atom is -0.311 e. The van der Waals surface area contributed by atoms with Gasteiger partial charge in [0.15, 0.2) is 0 Å². The van der Waals surface area contributed by atoms with Crippen molar-refractivity contribution in [2.45, 2.75) is 12.3 Å². The summed E-state index contributed by atoms with van der Waals surface area (Å²) < 4.78 is 0. The molecule has 1 aliphatic carbocycles. The van der Waals surface area contributed by atoms with Crippen molar-refractivity contribution in [3.8, 4) is 11.1 Å². The van der Waals surface area contributed by atoms with Gasteiger partial charge in [0.05, 0.1) is 5.41 Å². The summed E-state index contributed by atoms with van der Waals surface area (Å²) >= 11 is 0. The second-order valence-corrected chi connectivity index (χ2v) is 17.7. The Morgan fingerprint density at radius 1 is 0.364 bits per heavy atom. The lowest BCUT2D eigenvalue weighted by molar-refractivity contribution is 0.768. The largest absolute Gasteiger partial charge is 0.311 e. The molecule has 2 heterocycles. The Labute approximate surface area is 387 Å². The first-order valence-corrected chi connectivity index (χ1v) is 23.0. The van der Waals surface area contributed by atoms with Crippen LogP contribution in [0.5, 0.6) is 0 Å². The zero-order chi connectivity index (χ0) is 43.8. The third kappa shape index (κ3) is 5.64. The predicted molar refractivity (Wildman–Crippen MR) is 277 cm³/mol. The number of rotatable bonds is 7. The van der Waals surface area contributed by atoms with E-state index in [0.29, 0.717) is 0 Å². The van der Waals surface area contributed by atoms with E-state index in [2.05, 4.69) is 270 Å². The average Bonchev–Trinajstić information content (AvgIpc) is 3.68. The lowest BCUT2D eigenvalue weighted by Crippen LogP contribution is -2.61. The summed E-state index contributed by atoms with van der Waals surface area (Å²) in [6, 6.07) is 92.0. The molecule has 13 rings (SSSR count). The number of anilines is 9. The summed E-state index contributed by atoms with van der Waals surface area (Å²) in [5, 5.41) is 0. The van der Waals surface area contributed by atoms with Crippen LogP contribution in [0.15, 0.2) is 249 Å². The molecule has 0 saturated heterocycles. The highest BCUT2D eigenvalue weighted by Gasteiger charge is 2.48. The molecule has 0 N–H and O–H groups in total. The molecular weight excluding hydrogens is 798 g/mol. The van der Waals surface area contributed by atoms with Crippen LogP contribution in [-0.2, 0) is 5.41 Å². The normalized spacial score (nSPS) is 13.6. The molecule has 0 radical (unpaired) electrons. The van der Waals surface area contributed by atoms with Crippen LogP contribution in [0, 0.1) is 6.92 Å². The molecule has 4 heteroatoms. The second-order valence-electron chi connectivity index (χ2n) is 17.7. The van der Waals surface area contributed by atoms with Gasteiger partial charge < -0.3 is 14.7 Å². The fourth-order valence-corrected chi connectivity index (χ4v) is 11.5. The van der Waals surface area contributed by atoms with Crippen molar-refractivity contribution >= 4 is 74.3 Å². The monoisotopic (exact) mass is 841 g/mol. The van der Waals surface area contributed by atoms with E-state index >= 15 is 0 Å². The molecule has 66 heavy (non-hydrogen) atoms. The molecule has 3 aliphatic rings. The first-order chi connectivity index (χ1) is 32.7. The van der Waals surface area contributed by atoms with Crippen molar-refractivity contribution in [3.05, 3.63) is 277 Å². The fourth-order valence-electron chi connectivity index (χ4n) is 11.5. The van der Waals surface area contributed by atoms with E-state index in [0.717, 1.165) is 28.4 Å². The van der Waals surface area contributed by atoms with Crippen LogP contribution in [0.1, 0.15) is 27.8 Å². The molecular formula is C62H44BN3. The van der Waals surface area contributed by atoms with E-state index in [4.69, 9.17) is 0 Å². The SMILES string of the molecule is Cc1cc2c3c(c1)N(c1ccc4c(c1)C(c1ccccc1)(c1ccccc1)c1ccccc1-4)c1cc(N(c4ccccc4)c4ccccc4)ccc1B3c1ccccc1N2c1ccccc1. The summed E-state index contributed by atoms with van der Waals surface area (Å²) in [4.78, 5) is 7.45. The Morgan fingerprint density at radius 2 is 0.879 bits per heavy atom. The van der Waals surface area contributed by atoms with Gasteiger partial charge in [-0.3, -0.25) is 0 Å². The minimum atomic E-state index is -0.542. The first-order valence-electron chi connectivity index (χ1n) is 23.0. The van der Waals surface area contributed by atoms with Crippen molar-refractivity contribution in [1.29, 1.82) is 0 Å². The molecule has 10 aromatic rings. The van der Waals surface area contributed by atoms with Gasteiger partial charge in [-0.2, -0.15) is 0 Å². The van der Waals surface area contributed by atoms with Crippen LogP contribution in [0.3, 0.4) is 0 Å². The van der Waals surface area contributed by atoms with E-state index < -0.39 is 5.41 Å². The van der Waals surface area contributed by atoms with Crippen LogP contribution in [0.2, 0.25) is 0 Å². The van der Waals surface area contributed by atoms with Gasteiger partial charge in [0.1, 0.15) is 0 Å². The van der Waals surface area contributed by atoms with E-state index in [9.17, 15) is 0 Å². The number of benzene rings is 10. The van der Waals surface area contributed by atoms with E-state index in [1.807, 2.05) is 0 Å². The van der Waals surface area contributed by atoms with Gasteiger partial charge in [0, 0.05) is 51.2 Å². The van der Waals surface area contributed by atoms with Crippen LogP contribution in [0.25, 0.3) is 11.1 Å². The summed E-state index contributed by atoms with van der Waals surface area (Å²) in [7, 11) is 0. The molecule has 0 fully saturated rings. The van der Waals surface area contributed by atoms with Gasteiger partial charge in [-0.05, 0) is 141 Å². The molecule has 0 amide bonds. The van der Waals surface area contributed by atoms with Crippen molar-refractivity contribution in [2.75, 3.05) is 14.7 Å². The number of hydrogen-bond donors (Lipinski definition) is 0. The highest BCUT2D eigenvalue weighted by molar-refractivity contribution is 7.00. The Morgan fingerprint density at radius 3 is 1.53 bits per heavy atom. The van der Waals surface area contributed by atoms with Crippen LogP contribution in [-0.4, -0.2) is 6.71 Å². The molecule has 0 saturated carbocycles. The standard InChI is InChI=1S/C62H44BN3/c1-43-39-59-61-60(40-43)66(49-35-37-52-51-31-17-18-32-53(51)62(54(52)41-49,44-21-7-2-8-22-44)45-23-9-3-10-24-45)58-42-50(64(46-25-11-4-12-26-46)47-27-13-5-14-28-47)36-38-56(58)63(61)55-33-19-20-34-57(55)65(59)48-29-15-6-16-30-48/h2-42H,1H3. The van der Waals surface area contributed by atoms with Crippen LogP contribution in [0.4, 0.5) is 51.2 Å². The van der Waals surface area contributed by atoms with Crippen molar-refractivity contribution in [1.82, 2.24) is 0 Å². The van der Waals surface area contributed by atoms with E-state index in [-0.39, 0.29) is 6.71 Å². The van der Waals surface area contributed by atoms with Gasteiger partial charge in [-0.25, -0.2) is 0 Å². The lowest BCUT2D eigenvalue weighted by atomic mass is 9.33. The van der Waals surface area contributed by atoms with Gasteiger partial charge in [-0.15, -0.1) is 0 Å². The van der Waals surface area contributed by atoms with Crippen molar-refractivity contribution in [3.63, 3.8) is 0 Å². The summed E-state index contributed by atoms with van der Waals surface area (Å²) in [6.45, 7) is 2.25. The molecule has 0 atom stereocenters. The highest BCUT2D eigenvalue weighted by atomic mass is 15.2. The third-order valence-corrected chi connectivity index (χ3v) is 14.1. The number of nitrogens with zero attached hydrogens (tertiary/aromatic N) is 3. The topological polar surface area (TPSA) is 9.72 Å². The second kappa shape index (κ2) is 15.1. The van der Waals surface area contributed by atoms with Crippen molar-refractivity contribution in [2.24, 2.45) is 0 Å².